The number of carbonyl (C=O) groups is 3. The Morgan fingerprint density at radius 2 is 2.05 bits per heavy atom. The van der Waals surface area contributed by atoms with Crippen molar-refractivity contribution in [2.24, 2.45) is 5.41 Å². The van der Waals surface area contributed by atoms with E-state index in [0.717, 1.165) is 6.42 Å². The second-order valence-electron chi connectivity index (χ2n) is 6.00. The third kappa shape index (κ3) is 4.89. The predicted molar refractivity (Wildman–Crippen MR) is 69.5 cm³/mol. The summed E-state index contributed by atoms with van der Waals surface area (Å²) in [5.74, 6) is -1.26. The molecule has 0 radical (unpaired) electrons. The van der Waals surface area contributed by atoms with Crippen molar-refractivity contribution in [1.82, 2.24) is 10.2 Å². The lowest BCUT2D eigenvalue weighted by atomic mass is 9.84. The Kier molecular flexibility index (Phi) is 4.91. The topological polar surface area (TPSA) is 86.7 Å². The van der Waals surface area contributed by atoms with Crippen LogP contribution in [-0.2, 0) is 14.4 Å². The van der Waals surface area contributed by atoms with E-state index < -0.39 is 12.0 Å². The van der Waals surface area contributed by atoms with Gasteiger partial charge < -0.3 is 15.3 Å². The Morgan fingerprint density at radius 3 is 2.47 bits per heavy atom. The van der Waals surface area contributed by atoms with Gasteiger partial charge in [-0.05, 0) is 11.8 Å². The fourth-order valence-corrected chi connectivity index (χ4v) is 2.03. The maximum absolute atomic E-state index is 11.9. The third-order valence-electron chi connectivity index (χ3n) is 3.27. The van der Waals surface area contributed by atoms with Gasteiger partial charge in [-0.15, -0.1) is 0 Å². The van der Waals surface area contributed by atoms with E-state index in [-0.39, 0.29) is 30.2 Å². The maximum Gasteiger partial charge on any atom is 0.305 e. The molecule has 108 valence electrons. The van der Waals surface area contributed by atoms with Crippen molar-refractivity contribution in [3.05, 3.63) is 0 Å². The van der Waals surface area contributed by atoms with Gasteiger partial charge in [0.1, 0.15) is 0 Å². The van der Waals surface area contributed by atoms with Gasteiger partial charge >= 0.3 is 5.97 Å². The van der Waals surface area contributed by atoms with Gasteiger partial charge in [0.15, 0.2) is 0 Å². The number of hydrogen-bond acceptors (Lipinski definition) is 3. The van der Waals surface area contributed by atoms with E-state index >= 15 is 0 Å². The molecule has 0 aromatic carbocycles. The molecule has 1 atom stereocenters. The molecule has 19 heavy (non-hydrogen) atoms. The summed E-state index contributed by atoms with van der Waals surface area (Å²) in [5.41, 5.74) is -0.344. The minimum atomic E-state index is -0.947. The third-order valence-corrected chi connectivity index (χ3v) is 3.27. The van der Waals surface area contributed by atoms with Gasteiger partial charge in [-0.1, -0.05) is 20.8 Å². The van der Waals surface area contributed by atoms with Crippen molar-refractivity contribution in [3.8, 4) is 0 Å². The Labute approximate surface area is 113 Å². The number of carbonyl (C=O) groups excluding carboxylic acids is 2. The molecule has 0 aromatic rings. The highest BCUT2D eigenvalue weighted by atomic mass is 16.4. The number of nitrogens with zero attached hydrogens (tertiary/aromatic N) is 1. The Balaban J connectivity index is 2.56. The van der Waals surface area contributed by atoms with E-state index in [1.165, 1.54) is 4.90 Å². The number of carboxylic acid groups (broad SMARTS) is 1. The summed E-state index contributed by atoms with van der Waals surface area (Å²) >= 11 is 0. The van der Waals surface area contributed by atoms with Crippen molar-refractivity contribution in [2.75, 3.05) is 13.1 Å². The second-order valence-corrected chi connectivity index (χ2v) is 6.00. The second kappa shape index (κ2) is 6.04. The van der Waals surface area contributed by atoms with Crippen LogP contribution in [0.2, 0.25) is 0 Å². The van der Waals surface area contributed by atoms with Crippen molar-refractivity contribution in [1.29, 1.82) is 0 Å². The minimum Gasteiger partial charge on any atom is -0.481 e. The van der Waals surface area contributed by atoms with Gasteiger partial charge in [0.2, 0.25) is 11.8 Å². The molecule has 1 unspecified atom stereocenters. The van der Waals surface area contributed by atoms with E-state index in [0.29, 0.717) is 13.0 Å². The quantitative estimate of drug-likeness (QED) is 0.766. The fraction of sp³-hybridized carbons (Fsp3) is 0.769. The molecule has 0 aromatic heterocycles. The zero-order chi connectivity index (χ0) is 14.6. The average molecular weight is 270 g/mol. The Hall–Kier alpha value is -1.59. The molecule has 0 saturated carbocycles. The molecule has 0 spiro atoms. The van der Waals surface area contributed by atoms with Gasteiger partial charge in [-0.2, -0.15) is 0 Å². The first-order valence-corrected chi connectivity index (χ1v) is 6.49. The monoisotopic (exact) mass is 270 g/mol. The van der Waals surface area contributed by atoms with Crippen molar-refractivity contribution in [3.63, 3.8) is 0 Å². The van der Waals surface area contributed by atoms with Crippen molar-refractivity contribution < 1.29 is 19.5 Å². The molecule has 1 saturated heterocycles. The van der Waals surface area contributed by atoms with Gasteiger partial charge in [0, 0.05) is 19.0 Å². The number of nitrogens with one attached hydrogen (secondary N) is 1. The zero-order valence-corrected chi connectivity index (χ0v) is 11.7. The number of rotatable bonds is 5. The van der Waals surface area contributed by atoms with E-state index in [2.05, 4.69) is 5.32 Å². The average Bonchev–Trinajstić information content (AvgIpc) is 2.61. The van der Waals surface area contributed by atoms with Crippen LogP contribution in [-0.4, -0.2) is 46.9 Å². The number of carboxylic acids is 1. The lowest BCUT2D eigenvalue weighted by molar-refractivity contribution is -0.139. The summed E-state index contributed by atoms with van der Waals surface area (Å²) in [6.07, 6.45) is 1.15. The zero-order valence-electron chi connectivity index (χ0n) is 11.7. The lowest BCUT2D eigenvalue weighted by Crippen LogP contribution is -2.48. The van der Waals surface area contributed by atoms with Crippen molar-refractivity contribution in [2.45, 2.75) is 46.1 Å². The van der Waals surface area contributed by atoms with Crippen LogP contribution >= 0.6 is 0 Å². The van der Waals surface area contributed by atoms with Gasteiger partial charge in [-0.25, -0.2) is 0 Å². The lowest BCUT2D eigenvalue weighted by Gasteiger charge is -2.31. The molecule has 2 amide bonds. The molecule has 1 fully saturated rings. The van der Waals surface area contributed by atoms with Gasteiger partial charge in [-0.3, -0.25) is 14.4 Å². The molecular formula is C13H22N2O4. The van der Waals surface area contributed by atoms with Crippen LogP contribution < -0.4 is 5.32 Å². The van der Waals surface area contributed by atoms with Crippen LogP contribution in [0.1, 0.15) is 40.0 Å². The van der Waals surface area contributed by atoms with E-state index in [4.69, 9.17) is 5.11 Å². The summed E-state index contributed by atoms with van der Waals surface area (Å²) in [4.78, 5) is 35.6. The van der Waals surface area contributed by atoms with Gasteiger partial charge in [0.25, 0.3) is 0 Å². The Bertz CT molecular complexity index is 373. The first-order valence-electron chi connectivity index (χ1n) is 6.49. The molecule has 6 heteroatoms. The molecule has 2 N–H and O–H groups in total. The molecule has 6 nitrogen and oxygen atoms in total. The summed E-state index contributed by atoms with van der Waals surface area (Å²) in [6, 6.07) is -0.449. The number of hydrogen-bond donors (Lipinski definition) is 2. The number of aliphatic carboxylic acids is 1. The summed E-state index contributed by atoms with van der Waals surface area (Å²) < 4.78 is 0. The standard InChI is InChI=1S/C13H22N2O4/c1-13(2,3)9(7-12(18)19)14-10(16)8-15-6-4-5-11(15)17/h9H,4-8H2,1-3H3,(H,14,16)(H,18,19). The summed E-state index contributed by atoms with van der Waals surface area (Å²) in [7, 11) is 0. The van der Waals surface area contributed by atoms with E-state index in [9.17, 15) is 14.4 Å². The largest absolute Gasteiger partial charge is 0.481 e. The highest BCUT2D eigenvalue weighted by molar-refractivity contribution is 5.86. The normalized spacial score (nSPS) is 17.4. The molecule has 0 aliphatic carbocycles. The van der Waals surface area contributed by atoms with E-state index in [1.807, 2.05) is 20.8 Å². The highest BCUT2D eigenvalue weighted by Crippen LogP contribution is 2.22. The van der Waals surface area contributed by atoms with Crippen LogP contribution in [0.15, 0.2) is 0 Å². The molecule has 0 bridgehead atoms. The fourth-order valence-electron chi connectivity index (χ4n) is 2.03. The van der Waals surface area contributed by atoms with Crippen LogP contribution in [0.4, 0.5) is 0 Å². The summed E-state index contributed by atoms with van der Waals surface area (Å²) in [5, 5.41) is 11.6. The maximum atomic E-state index is 11.9. The molecule has 1 rings (SSSR count). The number of likely N-dealkylation sites (tertiary alicyclic amines) is 1. The van der Waals surface area contributed by atoms with Crippen LogP contribution in [0, 0.1) is 5.41 Å². The summed E-state index contributed by atoms with van der Waals surface area (Å²) in [6.45, 7) is 6.25. The van der Waals surface area contributed by atoms with Gasteiger partial charge in [0.05, 0.1) is 13.0 Å². The molecule has 1 aliphatic rings. The van der Waals surface area contributed by atoms with Crippen molar-refractivity contribution >= 4 is 17.8 Å². The SMILES string of the molecule is CC(C)(C)C(CC(=O)O)NC(=O)CN1CCCC1=O. The predicted octanol–water partition coefficient (Wildman–Crippen LogP) is 0.614. The van der Waals surface area contributed by atoms with Crippen LogP contribution in [0.3, 0.4) is 0 Å². The minimum absolute atomic E-state index is 0.0132. The van der Waals surface area contributed by atoms with Crippen LogP contribution in [0.5, 0.6) is 0 Å². The molecular weight excluding hydrogens is 248 g/mol. The first kappa shape index (κ1) is 15.5. The highest BCUT2D eigenvalue weighted by Gasteiger charge is 2.30. The smallest absolute Gasteiger partial charge is 0.305 e. The Morgan fingerprint density at radius 1 is 1.42 bits per heavy atom. The molecule has 1 heterocycles. The first-order chi connectivity index (χ1) is 8.70. The molecule has 1 aliphatic heterocycles. The van der Waals surface area contributed by atoms with E-state index in [1.54, 1.807) is 0 Å². The van der Waals surface area contributed by atoms with Crippen LogP contribution in [0.25, 0.3) is 0 Å². The number of amides is 2.